The van der Waals surface area contributed by atoms with E-state index in [9.17, 15) is 4.79 Å². The fraction of sp³-hybridized carbons (Fsp3) is 0.192. The summed E-state index contributed by atoms with van der Waals surface area (Å²) in [5.41, 5.74) is 6.97. The standard InChI is InChI=1S/C26H26N2O2/c1-17-8-10-19(11-9-17)21-12-22(25-15-20-6-4-5-7-24(20)28-25)14-23(13-21)26(29)27-18(2)16-30-3/h4-15,18,28H,16H2,1-3H3,(H,27,29). The molecule has 4 nitrogen and oxygen atoms in total. The van der Waals surface area contributed by atoms with Crippen molar-refractivity contribution in [2.45, 2.75) is 19.9 Å². The van der Waals surface area contributed by atoms with Crippen LogP contribution in [0.4, 0.5) is 0 Å². The number of carbonyl (C=O) groups excluding carboxylic acids is 1. The van der Waals surface area contributed by atoms with Gasteiger partial charge < -0.3 is 15.0 Å². The Kier molecular flexibility index (Phi) is 5.68. The molecule has 30 heavy (non-hydrogen) atoms. The molecule has 0 radical (unpaired) electrons. The predicted octanol–water partition coefficient (Wildman–Crippen LogP) is 5.58. The molecular weight excluding hydrogens is 372 g/mol. The van der Waals surface area contributed by atoms with E-state index in [-0.39, 0.29) is 11.9 Å². The van der Waals surface area contributed by atoms with Crippen LogP contribution >= 0.6 is 0 Å². The minimum atomic E-state index is -0.106. The van der Waals surface area contributed by atoms with Crippen molar-refractivity contribution >= 4 is 16.8 Å². The van der Waals surface area contributed by atoms with Gasteiger partial charge >= 0.3 is 0 Å². The molecule has 152 valence electrons. The number of hydrogen-bond acceptors (Lipinski definition) is 2. The molecule has 0 bridgehead atoms. The minimum absolute atomic E-state index is 0.0675. The zero-order valence-electron chi connectivity index (χ0n) is 17.5. The third-order valence-electron chi connectivity index (χ3n) is 5.22. The van der Waals surface area contributed by atoms with E-state index in [1.165, 1.54) is 5.56 Å². The Morgan fingerprint density at radius 2 is 1.70 bits per heavy atom. The molecule has 3 aromatic carbocycles. The second kappa shape index (κ2) is 8.56. The first-order chi connectivity index (χ1) is 14.5. The number of carbonyl (C=O) groups is 1. The summed E-state index contributed by atoms with van der Waals surface area (Å²) in [6.45, 7) is 4.48. The number of aromatic nitrogens is 1. The molecule has 1 heterocycles. The topological polar surface area (TPSA) is 54.1 Å². The van der Waals surface area contributed by atoms with Gasteiger partial charge in [-0.15, -0.1) is 0 Å². The van der Waals surface area contributed by atoms with Crippen LogP contribution in [0.25, 0.3) is 33.3 Å². The number of para-hydroxylation sites is 1. The van der Waals surface area contributed by atoms with Gasteiger partial charge in [0.05, 0.1) is 6.61 Å². The van der Waals surface area contributed by atoms with Crippen LogP contribution in [-0.2, 0) is 4.74 Å². The van der Waals surface area contributed by atoms with Crippen molar-refractivity contribution in [3.63, 3.8) is 0 Å². The molecule has 0 spiro atoms. The number of aromatic amines is 1. The molecule has 1 amide bonds. The first-order valence-electron chi connectivity index (χ1n) is 10.1. The highest BCUT2D eigenvalue weighted by Crippen LogP contribution is 2.30. The van der Waals surface area contributed by atoms with E-state index in [4.69, 9.17) is 4.74 Å². The van der Waals surface area contributed by atoms with E-state index in [1.54, 1.807) is 7.11 Å². The Labute approximate surface area is 176 Å². The first kappa shape index (κ1) is 19.9. The summed E-state index contributed by atoms with van der Waals surface area (Å²) in [5, 5.41) is 4.16. The Balaban J connectivity index is 1.79. The second-order valence-corrected chi connectivity index (χ2v) is 7.77. The third-order valence-corrected chi connectivity index (χ3v) is 5.22. The summed E-state index contributed by atoms with van der Waals surface area (Å²) in [4.78, 5) is 16.4. The highest BCUT2D eigenvalue weighted by molar-refractivity contribution is 5.98. The molecular formula is C26H26N2O2. The van der Waals surface area contributed by atoms with Crippen molar-refractivity contribution in [3.8, 4) is 22.4 Å². The van der Waals surface area contributed by atoms with Gasteiger partial charge in [0.1, 0.15) is 0 Å². The smallest absolute Gasteiger partial charge is 0.251 e. The van der Waals surface area contributed by atoms with Crippen LogP contribution in [0.1, 0.15) is 22.8 Å². The maximum Gasteiger partial charge on any atom is 0.251 e. The molecule has 1 atom stereocenters. The van der Waals surface area contributed by atoms with Gasteiger partial charge in [0, 0.05) is 35.3 Å². The van der Waals surface area contributed by atoms with Crippen molar-refractivity contribution in [2.24, 2.45) is 0 Å². The van der Waals surface area contributed by atoms with Crippen molar-refractivity contribution in [1.82, 2.24) is 10.3 Å². The van der Waals surface area contributed by atoms with Crippen LogP contribution in [0, 0.1) is 6.92 Å². The molecule has 1 unspecified atom stereocenters. The number of H-pyrrole nitrogens is 1. The van der Waals surface area contributed by atoms with Crippen LogP contribution < -0.4 is 5.32 Å². The number of hydrogen-bond donors (Lipinski definition) is 2. The predicted molar refractivity (Wildman–Crippen MR) is 123 cm³/mol. The molecule has 4 rings (SSSR count). The lowest BCUT2D eigenvalue weighted by molar-refractivity contribution is 0.0905. The molecule has 0 saturated carbocycles. The van der Waals surface area contributed by atoms with E-state index in [0.29, 0.717) is 12.2 Å². The fourth-order valence-corrected chi connectivity index (χ4v) is 3.65. The number of rotatable bonds is 6. The zero-order valence-corrected chi connectivity index (χ0v) is 17.5. The molecule has 0 aliphatic carbocycles. The highest BCUT2D eigenvalue weighted by atomic mass is 16.5. The normalized spacial score (nSPS) is 12.1. The molecule has 1 aromatic heterocycles. The summed E-state index contributed by atoms with van der Waals surface area (Å²) >= 11 is 0. The number of fused-ring (bicyclic) bond motifs is 1. The quantitative estimate of drug-likeness (QED) is 0.446. The van der Waals surface area contributed by atoms with Gasteiger partial charge in [0.25, 0.3) is 5.91 Å². The van der Waals surface area contributed by atoms with Gasteiger partial charge in [-0.05, 0) is 60.9 Å². The highest BCUT2D eigenvalue weighted by Gasteiger charge is 2.14. The zero-order chi connectivity index (χ0) is 21.1. The SMILES string of the molecule is COCC(C)NC(=O)c1cc(-c2ccc(C)cc2)cc(-c2cc3ccccc3[nH]2)c1. The van der Waals surface area contributed by atoms with Gasteiger partial charge in [-0.2, -0.15) is 0 Å². The number of methoxy groups -OCH3 is 1. The summed E-state index contributed by atoms with van der Waals surface area (Å²) < 4.78 is 5.15. The molecule has 4 aromatic rings. The summed E-state index contributed by atoms with van der Waals surface area (Å²) in [6.07, 6.45) is 0. The average molecular weight is 399 g/mol. The van der Waals surface area contributed by atoms with Crippen LogP contribution in [0.3, 0.4) is 0 Å². The van der Waals surface area contributed by atoms with Crippen molar-refractivity contribution < 1.29 is 9.53 Å². The van der Waals surface area contributed by atoms with Gasteiger partial charge in [-0.1, -0.05) is 48.0 Å². The van der Waals surface area contributed by atoms with Crippen LogP contribution in [-0.4, -0.2) is 30.6 Å². The molecule has 0 fully saturated rings. The largest absolute Gasteiger partial charge is 0.383 e. The lowest BCUT2D eigenvalue weighted by atomic mass is 9.97. The Morgan fingerprint density at radius 1 is 0.967 bits per heavy atom. The Bertz CT molecular complexity index is 1140. The van der Waals surface area contributed by atoms with Gasteiger partial charge in [0.2, 0.25) is 0 Å². The Hall–Kier alpha value is -3.37. The van der Waals surface area contributed by atoms with E-state index in [2.05, 4.69) is 65.8 Å². The number of amides is 1. The minimum Gasteiger partial charge on any atom is -0.383 e. The van der Waals surface area contributed by atoms with Crippen molar-refractivity contribution in [2.75, 3.05) is 13.7 Å². The van der Waals surface area contributed by atoms with Gasteiger partial charge in [-0.3, -0.25) is 4.79 Å². The van der Waals surface area contributed by atoms with E-state index >= 15 is 0 Å². The third kappa shape index (κ3) is 4.29. The maximum absolute atomic E-state index is 12.9. The van der Waals surface area contributed by atoms with E-state index < -0.39 is 0 Å². The van der Waals surface area contributed by atoms with Crippen LogP contribution in [0.2, 0.25) is 0 Å². The van der Waals surface area contributed by atoms with Crippen molar-refractivity contribution in [3.05, 3.63) is 83.9 Å². The fourth-order valence-electron chi connectivity index (χ4n) is 3.65. The molecule has 4 heteroatoms. The van der Waals surface area contributed by atoms with Crippen LogP contribution in [0.5, 0.6) is 0 Å². The lowest BCUT2D eigenvalue weighted by Gasteiger charge is -2.14. The number of nitrogens with one attached hydrogen (secondary N) is 2. The van der Waals surface area contributed by atoms with Crippen LogP contribution in [0.15, 0.2) is 72.8 Å². The molecule has 0 saturated heterocycles. The lowest BCUT2D eigenvalue weighted by Crippen LogP contribution is -2.35. The second-order valence-electron chi connectivity index (χ2n) is 7.77. The number of benzene rings is 3. The molecule has 0 aliphatic rings. The Morgan fingerprint density at radius 3 is 2.43 bits per heavy atom. The number of ether oxygens (including phenoxy) is 1. The summed E-state index contributed by atoms with van der Waals surface area (Å²) in [5.74, 6) is -0.106. The monoisotopic (exact) mass is 398 g/mol. The molecule has 0 aliphatic heterocycles. The maximum atomic E-state index is 12.9. The van der Waals surface area contributed by atoms with E-state index in [1.807, 2.05) is 31.2 Å². The average Bonchev–Trinajstić information content (AvgIpc) is 3.18. The number of aryl methyl sites for hydroxylation is 1. The van der Waals surface area contributed by atoms with Crippen molar-refractivity contribution in [1.29, 1.82) is 0 Å². The first-order valence-corrected chi connectivity index (χ1v) is 10.1. The summed E-state index contributed by atoms with van der Waals surface area (Å²) in [6, 6.07) is 24.6. The van der Waals surface area contributed by atoms with Gasteiger partial charge in [-0.25, -0.2) is 0 Å². The van der Waals surface area contributed by atoms with Gasteiger partial charge in [0.15, 0.2) is 0 Å². The molecule has 2 N–H and O–H groups in total. The summed E-state index contributed by atoms with van der Waals surface area (Å²) in [7, 11) is 1.63. The van der Waals surface area contributed by atoms with E-state index in [0.717, 1.165) is 33.3 Å².